The molecule has 8 nitrogen and oxygen atoms in total. The molecule has 2 amide bonds. The molecule has 2 atom stereocenters. The highest BCUT2D eigenvalue weighted by molar-refractivity contribution is 5.78. The maximum Gasteiger partial charge on any atom is 0.241 e. The Labute approximate surface area is 118 Å². The number of carbonyl (C=O) groups is 2. The molecule has 118 valence electrons. The van der Waals surface area contributed by atoms with E-state index in [0.717, 1.165) is 24.3 Å². The van der Waals surface area contributed by atoms with E-state index in [1.54, 1.807) is 0 Å². The molecule has 8 heteroatoms. The first-order valence-corrected chi connectivity index (χ1v) is 6.72. The number of hydrogen-bond donors (Lipinski definition) is 4. The summed E-state index contributed by atoms with van der Waals surface area (Å²) in [7, 11) is 0. The Bertz CT molecular complexity index is 290. The third-order valence-corrected chi connectivity index (χ3v) is 2.94. The number of unbranched alkanes of at least 4 members (excludes halogenated alkanes) is 2. The van der Waals surface area contributed by atoms with E-state index < -0.39 is 24.5 Å². The summed E-state index contributed by atoms with van der Waals surface area (Å²) in [6, 6.07) is 0. The van der Waals surface area contributed by atoms with Crippen molar-refractivity contribution in [3.05, 3.63) is 0 Å². The zero-order valence-electron chi connectivity index (χ0n) is 11.8. The molecule has 0 saturated carbocycles. The predicted molar refractivity (Wildman–Crippen MR) is 71.2 cm³/mol. The SMILES string of the molecule is CCCCCC(CN(O)C=O)C(=O)N(N)CC(O)CO. The van der Waals surface area contributed by atoms with E-state index in [0.29, 0.717) is 11.5 Å². The quantitative estimate of drug-likeness (QED) is 0.0974. The van der Waals surface area contributed by atoms with Crippen LogP contribution in [0.4, 0.5) is 0 Å². The van der Waals surface area contributed by atoms with Crippen molar-refractivity contribution in [3.8, 4) is 0 Å². The number of hydroxylamine groups is 2. The van der Waals surface area contributed by atoms with E-state index in [-0.39, 0.29) is 19.5 Å². The molecule has 0 rings (SSSR count). The summed E-state index contributed by atoms with van der Waals surface area (Å²) in [6.07, 6.45) is 2.28. The van der Waals surface area contributed by atoms with Gasteiger partial charge in [-0.25, -0.2) is 10.9 Å². The van der Waals surface area contributed by atoms with E-state index in [1.165, 1.54) is 0 Å². The number of nitrogens with zero attached hydrogens (tertiary/aromatic N) is 2. The van der Waals surface area contributed by atoms with Crippen molar-refractivity contribution >= 4 is 12.3 Å². The molecule has 20 heavy (non-hydrogen) atoms. The summed E-state index contributed by atoms with van der Waals surface area (Å²) < 4.78 is 0. The molecule has 0 aromatic carbocycles. The second kappa shape index (κ2) is 10.6. The average Bonchev–Trinajstić information content (AvgIpc) is 2.44. The lowest BCUT2D eigenvalue weighted by Gasteiger charge is -2.26. The molecule has 2 unspecified atom stereocenters. The number of amides is 2. The minimum absolute atomic E-state index is 0.144. The van der Waals surface area contributed by atoms with Crippen LogP contribution in [0.15, 0.2) is 0 Å². The van der Waals surface area contributed by atoms with Gasteiger partial charge in [0.15, 0.2) is 0 Å². The molecule has 0 aliphatic carbocycles. The van der Waals surface area contributed by atoms with Gasteiger partial charge in [0, 0.05) is 0 Å². The van der Waals surface area contributed by atoms with Crippen LogP contribution in [0.3, 0.4) is 0 Å². The minimum atomic E-state index is -1.11. The van der Waals surface area contributed by atoms with Crippen molar-refractivity contribution in [2.75, 3.05) is 19.7 Å². The Morgan fingerprint density at radius 2 is 2.00 bits per heavy atom. The van der Waals surface area contributed by atoms with Gasteiger partial charge in [-0.3, -0.25) is 19.8 Å². The van der Waals surface area contributed by atoms with Gasteiger partial charge in [-0.15, -0.1) is 0 Å². The second-order valence-corrected chi connectivity index (χ2v) is 4.75. The summed E-state index contributed by atoms with van der Waals surface area (Å²) in [4.78, 5) is 22.5. The van der Waals surface area contributed by atoms with Gasteiger partial charge in [0.2, 0.25) is 12.3 Å². The van der Waals surface area contributed by atoms with Gasteiger partial charge in [0.25, 0.3) is 0 Å². The van der Waals surface area contributed by atoms with Crippen LogP contribution >= 0.6 is 0 Å². The van der Waals surface area contributed by atoms with Gasteiger partial charge in [0.05, 0.1) is 31.7 Å². The van der Waals surface area contributed by atoms with Gasteiger partial charge in [-0.1, -0.05) is 26.2 Å². The fraction of sp³-hybridized carbons (Fsp3) is 0.833. The van der Waals surface area contributed by atoms with Crippen LogP contribution in [0.5, 0.6) is 0 Å². The lowest BCUT2D eigenvalue weighted by atomic mass is 10.00. The van der Waals surface area contributed by atoms with E-state index in [1.807, 2.05) is 6.92 Å². The molecule has 0 aromatic heterocycles. The highest BCUT2D eigenvalue weighted by atomic mass is 16.5. The Kier molecular flexibility index (Phi) is 9.91. The van der Waals surface area contributed by atoms with Crippen LogP contribution in [-0.2, 0) is 9.59 Å². The van der Waals surface area contributed by atoms with Gasteiger partial charge in [-0.05, 0) is 6.42 Å². The number of carbonyl (C=O) groups excluding carboxylic acids is 2. The molecule has 0 spiro atoms. The number of hydrazine groups is 1. The van der Waals surface area contributed by atoms with Gasteiger partial charge in [-0.2, -0.15) is 0 Å². The summed E-state index contributed by atoms with van der Waals surface area (Å²) in [5.74, 6) is 4.43. The third kappa shape index (κ3) is 7.39. The summed E-state index contributed by atoms with van der Waals surface area (Å²) in [5, 5.41) is 28.4. The summed E-state index contributed by atoms with van der Waals surface area (Å²) in [5.41, 5.74) is 0. The van der Waals surface area contributed by atoms with Gasteiger partial charge >= 0.3 is 0 Å². The highest BCUT2D eigenvalue weighted by Crippen LogP contribution is 2.13. The smallest absolute Gasteiger partial charge is 0.241 e. The van der Waals surface area contributed by atoms with Crippen LogP contribution in [0.25, 0.3) is 0 Å². The first kappa shape index (κ1) is 18.8. The number of aliphatic hydroxyl groups excluding tert-OH is 2. The number of aliphatic hydroxyl groups is 2. The predicted octanol–water partition coefficient (Wildman–Crippen LogP) is -0.914. The highest BCUT2D eigenvalue weighted by Gasteiger charge is 2.25. The summed E-state index contributed by atoms with van der Waals surface area (Å²) >= 11 is 0. The maximum absolute atomic E-state index is 12.1. The van der Waals surface area contributed by atoms with Crippen LogP contribution in [0, 0.1) is 5.92 Å². The second-order valence-electron chi connectivity index (χ2n) is 4.75. The molecule has 0 saturated heterocycles. The zero-order chi connectivity index (χ0) is 15.5. The third-order valence-electron chi connectivity index (χ3n) is 2.94. The first-order valence-electron chi connectivity index (χ1n) is 6.72. The Morgan fingerprint density at radius 3 is 2.50 bits per heavy atom. The average molecular weight is 291 g/mol. The monoisotopic (exact) mass is 291 g/mol. The largest absolute Gasteiger partial charge is 0.394 e. The van der Waals surface area contributed by atoms with E-state index in [9.17, 15) is 19.9 Å². The minimum Gasteiger partial charge on any atom is -0.394 e. The zero-order valence-corrected chi connectivity index (χ0v) is 11.8. The maximum atomic E-state index is 12.1. The lowest BCUT2D eigenvalue weighted by molar-refractivity contribution is -0.157. The Balaban J connectivity index is 4.55. The van der Waals surface area contributed by atoms with E-state index in [4.69, 9.17) is 10.9 Å². The van der Waals surface area contributed by atoms with Crippen molar-refractivity contribution < 1.29 is 25.0 Å². The van der Waals surface area contributed by atoms with Crippen molar-refractivity contribution in [3.63, 3.8) is 0 Å². The fourth-order valence-corrected chi connectivity index (χ4v) is 1.81. The molecule has 0 radical (unpaired) electrons. The molecule has 5 N–H and O–H groups in total. The van der Waals surface area contributed by atoms with Crippen LogP contribution in [0.1, 0.15) is 32.6 Å². The number of nitrogens with two attached hydrogens (primary N) is 1. The van der Waals surface area contributed by atoms with Crippen LogP contribution in [-0.4, -0.2) is 63.6 Å². The Morgan fingerprint density at radius 1 is 1.35 bits per heavy atom. The topological polar surface area (TPSA) is 127 Å². The van der Waals surface area contributed by atoms with Crippen LogP contribution in [0.2, 0.25) is 0 Å². The van der Waals surface area contributed by atoms with Crippen molar-refractivity contribution in [1.29, 1.82) is 0 Å². The van der Waals surface area contributed by atoms with Crippen LogP contribution < -0.4 is 5.84 Å². The number of hydrogen-bond acceptors (Lipinski definition) is 6. The number of rotatable bonds is 11. The molecule has 0 aliphatic rings. The van der Waals surface area contributed by atoms with E-state index >= 15 is 0 Å². The van der Waals surface area contributed by atoms with E-state index in [2.05, 4.69) is 0 Å². The van der Waals surface area contributed by atoms with Crippen molar-refractivity contribution in [2.24, 2.45) is 11.8 Å². The van der Waals surface area contributed by atoms with Gasteiger partial charge in [0.1, 0.15) is 0 Å². The van der Waals surface area contributed by atoms with Crippen molar-refractivity contribution in [1.82, 2.24) is 10.1 Å². The molecule has 0 fully saturated rings. The molecule has 0 heterocycles. The first-order chi connectivity index (χ1) is 9.46. The molecular formula is C12H25N3O5. The normalized spacial score (nSPS) is 13.7. The molecule has 0 aromatic rings. The standard InChI is InChI=1S/C12H25N3O5/c1-2-3-4-5-10(6-14(20)9-17)12(19)15(13)7-11(18)8-16/h9-11,16,18,20H,2-8,13H2,1H3. The molecule has 0 bridgehead atoms. The Hall–Kier alpha value is -1.22. The van der Waals surface area contributed by atoms with Gasteiger partial charge < -0.3 is 10.2 Å². The lowest BCUT2D eigenvalue weighted by Crippen LogP contribution is -2.48. The molecule has 0 aliphatic heterocycles. The summed E-state index contributed by atoms with van der Waals surface area (Å²) in [6.45, 7) is 1.18. The molecular weight excluding hydrogens is 266 g/mol. The fourth-order valence-electron chi connectivity index (χ4n) is 1.81. The van der Waals surface area contributed by atoms with Crippen molar-refractivity contribution in [2.45, 2.75) is 38.7 Å².